The third-order valence-corrected chi connectivity index (χ3v) is 5.04. The summed E-state index contributed by atoms with van der Waals surface area (Å²) in [5.41, 5.74) is 5.97. The van der Waals surface area contributed by atoms with E-state index < -0.39 is 0 Å². The number of hydrogen-bond donors (Lipinski definition) is 1. The smallest absolute Gasteiger partial charge is 0.266 e. The van der Waals surface area contributed by atoms with Gasteiger partial charge in [-0.3, -0.25) is 9.78 Å². The molecule has 26 heavy (non-hydrogen) atoms. The van der Waals surface area contributed by atoms with Crippen molar-refractivity contribution in [1.29, 1.82) is 5.26 Å². The molecular weight excluding hydrogens is 346 g/mol. The maximum absolute atomic E-state index is 12.6. The quantitative estimate of drug-likeness (QED) is 0.564. The van der Waals surface area contributed by atoms with Gasteiger partial charge in [-0.2, -0.15) is 5.26 Å². The number of nitrogens with one attached hydrogen (secondary N) is 1. The highest BCUT2D eigenvalue weighted by Gasteiger charge is 2.27. The second kappa shape index (κ2) is 6.12. The molecule has 1 aliphatic carbocycles. The fraction of sp³-hybridized carbons (Fsp3) is 0.190. The first-order valence-corrected chi connectivity index (χ1v) is 8.81. The van der Waals surface area contributed by atoms with Crippen molar-refractivity contribution in [2.45, 2.75) is 26.2 Å². The molecule has 1 aromatic carbocycles. The molecule has 0 fully saturated rings. The van der Waals surface area contributed by atoms with Gasteiger partial charge in [-0.15, -0.1) is 0 Å². The van der Waals surface area contributed by atoms with Crippen molar-refractivity contribution in [3.63, 3.8) is 0 Å². The number of aromatic amines is 1. The van der Waals surface area contributed by atoms with Crippen LogP contribution in [0, 0.1) is 11.3 Å². The second-order valence-corrected chi connectivity index (χ2v) is 7.21. The van der Waals surface area contributed by atoms with Gasteiger partial charge in [-0.25, -0.2) is 0 Å². The van der Waals surface area contributed by atoms with Crippen LogP contribution in [0.5, 0.6) is 0 Å². The second-order valence-electron chi connectivity index (χ2n) is 6.77. The molecule has 2 heterocycles. The van der Waals surface area contributed by atoms with Crippen LogP contribution in [0.3, 0.4) is 0 Å². The molecule has 128 valence electrons. The van der Waals surface area contributed by atoms with Gasteiger partial charge in [0.25, 0.3) is 5.56 Å². The molecular formula is C21H16ClN3O. The molecule has 5 heteroatoms. The first kappa shape index (κ1) is 16.6. The number of hydrogen-bond acceptors (Lipinski definition) is 3. The number of H-pyrrole nitrogens is 1. The summed E-state index contributed by atoms with van der Waals surface area (Å²) in [7, 11) is 0. The van der Waals surface area contributed by atoms with Gasteiger partial charge in [0.05, 0.1) is 5.69 Å². The molecule has 0 atom stereocenters. The molecule has 1 aliphatic rings. The Kier molecular flexibility index (Phi) is 3.90. The minimum Gasteiger partial charge on any atom is -0.320 e. The first-order chi connectivity index (χ1) is 12.5. The van der Waals surface area contributed by atoms with Crippen LogP contribution in [-0.4, -0.2) is 9.97 Å². The van der Waals surface area contributed by atoms with Crippen molar-refractivity contribution in [3.8, 4) is 28.5 Å². The van der Waals surface area contributed by atoms with Crippen LogP contribution >= 0.6 is 11.6 Å². The van der Waals surface area contributed by atoms with Crippen LogP contribution < -0.4 is 5.56 Å². The number of nitrogens with zero attached hydrogens (tertiary/aromatic N) is 2. The van der Waals surface area contributed by atoms with Gasteiger partial charge in [0.1, 0.15) is 11.6 Å². The summed E-state index contributed by atoms with van der Waals surface area (Å²) in [6.45, 7) is 4.13. The highest BCUT2D eigenvalue weighted by molar-refractivity contribution is 6.31. The number of pyridine rings is 2. The summed E-state index contributed by atoms with van der Waals surface area (Å²) in [6, 6.07) is 11.6. The van der Waals surface area contributed by atoms with Gasteiger partial charge in [-0.1, -0.05) is 31.5 Å². The number of aromatic nitrogens is 2. The van der Waals surface area contributed by atoms with Gasteiger partial charge in [0.15, 0.2) is 0 Å². The van der Waals surface area contributed by atoms with Gasteiger partial charge in [-0.05, 0) is 46.9 Å². The Morgan fingerprint density at radius 3 is 2.81 bits per heavy atom. The zero-order valence-corrected chi connectivity index (χ0v) is 15.2. The highest BCUT2D eigenvalue weighted by atomic mass is 35.5. The molecule has 0 radical (unpaired) electrons. The van der Waals surface area contributed by atoms with Gasteiger partial charge >= 0.3 is 0 Å². The van der Waals surface area contributed by atoms with E-state index >= 15 is 0 Å². The SMILES string of the molecule is CC(C)c1cc(-c2c3c([nH]c(=O)c2C#N)-c2cc(Cl)ccc2C3)ccn1. The van der Waals surface area contributed by atoms with Crippen LogP contribution in [0.25, 0.3) is 22.4 Å². The Hall–Kier alpha value is -2.90. The summed E-state index contributed by atoms with van der Waals surface area (Å²) in [5, 5.41) is 10.2. The van der Waals surface area contributed by atoms with E-state index in [0.29, 0.717) is 17.0 Å². The zero-order valence-electron chi connectivity index (χ0n) is 14.4. The predicted octanol–water partition coefficient (Wildman–Crippen LogP) is 4.66. The molecule has 3 aromatic rings. The lowest BCUT2D eigenvalue weighted by molar-refractivity contribution is 0.823. The third-order valence-electron chi connectivity index (χ3n) is 4.80. The average Bonchev–Trinajstić information content (AvgIpc) is 2.98. The Labute approximate surface area is 156 Å². The largest absolute Gasteiger partial charge is 0.320 e. The Bertz CT molecular complexity index is 1140. The molecule has 0 saturated heterocycles. The molecule has 1 N–H and O–H groups in total. The van der Waals surface area contributed by atoms with Crippen LogP contribution in [0.15, 0.2) is 41.3 Å². The van der Waals surface area contributed by atoms with E-state index in [-0.39, 0.29) is 17.0 Å². The fourth-order valence-electron chi connectivity index (χ4n) is 3.52. The molecule has 0 aliphatic heterocycles. The molecule has 0 saturated carbocycles. The van der Waals surface area contributed by atoms with E-state index in [4.69, 9.17) is 11.6 Å². The lowest BCUT2D eigenvalue weighted by Crippen LogP contribution is -2.14. The molecule has 4 rings (SSSR count). The summed E-state index contributed by atoms with van der Waals surface area (Å²) in [4.78, 5) is 19.9. The van der Waals surface area contributed by atoms with Gasteiger partial charge in [0.2, 0.25) is 0 Å². The maximum Gasteiger partial charge on any atom is 0.266 e. The maximum atomic E-state index is 12.6. The fourth-order valence-corrected chi connectivity index (χ4v) is 3.69. The zero-order chi connectivity index (χ0) is 18.4. The van der Waals surface area contributed by atoms with Crippen molar-refractivity contribution >= 4 is 11.6 Å². The van der Waals surface area contributed by atoms with Gasteiger partial charge in [0, 0.05) is 34.5 Å². The normalized spacial score (nSPS) is 12.0. The first-order valence-electron chi connectivity index (χ1n) is 8.44. The Morgan fingerprint density at radius 2 is 2.08 bits per heavy atom. The monoisotopic (exact) mass is 361 g/mol. The standard InChI is InChI=1S/C21H16ClN3O/c1-11(2)18-8-13(5-6-24-18)19-16-7-12-3-4-14(22)9-15(12)20(16)25-21(26)17(19)10-23/h3-6,8-9,11H,7H2,1-2H3,(H,25,26). The molecule has 2 aromatic heterocycles. The molecule has 0 unspecified atom stereocenters. The lowest BCUT2D eigenvalue weighted by atomic mass is 9.93. The topological polar surface area (TPSA) is 69.5 Å². The third kappa shape index (κ3) is 2.53. The van der Waals surface area contributed by atoms with Crippen molar-refractivity contribution in [3.05, 3.63) is 74.3 Å². The minimum atomic E-state index is -0.378. The summed E-state index contributed by atoms with van der Waals surface area (Å²) >= 11 is 6.15. The van der Waals surface area contributed by atoms with E-state index in [0.717, 1.165) is 33.6 Å². The van der Waals surface area contributed by atoms with Crippen LogP contribution in [0.1, 0.15) is 42.1 Å². The lowest BCUT2D eigenvalue weighted by Gasteiger charge is -2.13. The number of halogens is 1. The van der Waals surface area contributed by atoms with Crippen molar-refractivity contribution in [2.75, 3.05) is 0 Å². The highest BCUT2D eigenvalue weighted by Crippen LogP contribution is 2.41. The van der Waals surface area contributed by atoms with E-state index in [1.54, 1.807) is 6.20 Å². The number of fused-ring (bicyclic) bond motifs is 3. The minimum absolute atomic E-state index is 0.142. The van der Waals surface area contributed by atoms with Crippen molar-refractivity contribution in [1.82, 2.24) is 9.97 Å². The average molecular weight is 362 g/mol. The summed E-state index contributed by atoms with van der Waals surface area (Å²) < 4.78 is 0. The van der Waals surface area contributed by atoms with Gasteiger partial charge < -0.3 is 4.98 Å². The Morgan fingerprint density at radius 1 is 1.27 bits per heavy atom. The van der Waals surface area contributed by atoms with E-state index in [1.165, 1.54) is 0 Å². The summed E-state index contributed by atoms with van der Waals surface area (Å²) in [6.07, 6.45) is 2.39. The predicted molar refractivity (Wildman–Crippen MR) is 102 cm³/mol. The molecule has 0 bridgehead atoms. The Balaban J connectivity index is 2.04. The van der Waals surface area contributed by atoms with E-state index in [1.807, 2.05) is 30.3 Å². The van der Waals surface area contributed by atoms with Crippen LogP contribution in [0.2, 0.25) is 5.02 Å². The number of rotatable bonds is 2. The van der Waals surface area contributed by atoms with E-state index in [9.17, 15) is 10.1 Å². The molecule has 0 spiro atoms. The van der Waals surface area contributed by atoms with Crippen molar-refractivity contribution < 1.29 is 0 Å². The van der Waals surface area contributed by atoms with Crippen molar-refractivity contribution in [2.24, 2.45) is 0 Å². The summed E-state index contributed by atoms with van der Waals surface area (Å²) in [5.74, 6) is 0.256. The van der Waals surface area contributed by atoms with Crippen LogP contribution in [0.4, 0.5) is 0 Å². The molecule has 0 amide bonds. The number of benzene rings is 1. The van der Waals surface area contributed by atoms with Crippen LogP contribution in [-0.2, 0) is 6.42 Å². The number of nitriles is 1. The molecule has 4 nitrogen and oxygen atoms in total. The van der Waals surface area contributed by atoms with E-state index in [2.05, 4.69) is 29.9 Å².